The fourth-order valence-electron chi connectivity index (χ4n) is 2.04. The van der Waals surface area contributed by atoms with Crippen LogP contribution in [0.2, 0.25) is 0 Å². The minimum atomic E-state index is -0.744. The summed E-state index contributed by atoms with van der Waals surface area (Å²) in [5.74, 6) is -1.84. The predicted octanol–water partition coefficient (Wildman–Crippen LogP) is 3.17. The van der Waals surface area contributed by atoms with Gasteiger partial charge in [-0.05, 0) is 25.1 Å². The van der Waals surface area contributed by atoms with Crippen LogP contribution in [-0.2, 0) is 0 Å². The molecule has 0 aliphatic heterocycles. The van der Waals surface area contributed by atoms with E-state index in [9.17, 15) is 18.7 Å². The Morgan fingerprint density at radius 3 is 2.55 bits per heavy atom. The second-order valence-corrected chi connectivity index (χ2v) is 4.74. The quantitative estimate of drug-likeness (QED) is 0.912. The molecular formula is C16H15F2NO3. The average Bonchev–Trinajstić information content (AvgIpc) is 2.46. The fraction of sp³-hybridized carbons (Fsp3) is 0.188. The number of halogens is 2. The van der Waals surface area contributed by atoms with Crippen molar-refractivity contribution in [2.24, 2.45) is 0 Å². The van der Waals surface area contributed by atoms with Crippen LogP contribution in [0.5, 0.6) is 11.5 Å². The maximum atomic E-state index is 13.7. The van der Waals surface area contributed by atoms with Crippen molar-refractivity contribution in [1.82, 2.24) is 5.32 Å². The van der Waals surface area contributed by atoms with Crippen LogP contribution in [0.4, 0.5) is 8.78 Å². The van der Waals surface area contributed by atoms with Crippen LogP contribution in [0.3, 0.4) is 0 Å². The normalized spacial score (nSPS) is 11.8. The van der Waals surface area contributed by atoms with Crippen molar-refractivity contribution in [3.63, 3.8) is 0 Å². The highest BCUT2D eigenvalue weighted by Crippen LogP contribution is 2.24. The highest BCUT2D eigenvalue weighted by molar-refractivity contribution is 5.97. The van der Waals surface area contributed by atoms with E-state index in [4.69, 9.17) is 4.74 Å². The third-order valence-electron chi connectivity index (χ3n) is 3.23. The summed E-state index contributed by atoms with van der Waals surface area (Å²) in [6, 6.07) is 6.68. The number of methoxy groups -OCH3 is 1. The van der Waals surface area contributed by atoms with E-state index in [-0.39, 0.29) is 16.9 Å². The lowest BCUT2D eigenvalue weighted by molar-refractivity contribution is 0.0936. The van der Waals surface area contributed by atoms with Gasteiger partial charge in [0.2, 0.25) is 0 Å². The first-order valence-electron chi connectivity index (χ1n) is 6.55. The van der Waals surface area contributed by atoms with Gasteiger partial charge in [0.05, 0.1) is 18.7 Å². The van der Waals surface area contributed by atoms with E-state index in [0.29, 0.717) is 5.75 Å². The van der Waals surface area contributed by atoms with Gasteiger partial charge in [-0.15, -0.1) is 0 Å². The van der Waals surface area contributed by atoms with Crippen molar-refractivity contribution >= 4 is 5.91 Å². The first-order valence-corrected chi connectivity index (χ1v) is 6.55. The molecule has 2 rings (SSSR count). The molecule has 1 amide bonds. The number of phenols is 1. The molecule has 22 heavy (non-hydrogen) atoms. The first kappa shape index (κ1) is 15.8. The zero-order chi connectivity index (χ0) is 16.3. The van der Waals surface area contributed by atoms with Gasteiger partial charge in [0, 0.05) is 17.7 Å². The summed E-state index contributed by atoms with van der Waals surface area (Å²) in [5.41, 5.74) is 0.193. The Hall–Kier alpha value is -2.63. The average molecular weight is 307 g/mol. The SMILES string of the molecule is COc1ccc(C(=O)N[C@H](C)c2ccc(F)cc2F)c(O)c1. The van der Waals surface area contributed by atoms with Gasteiger partial charge in [0.1, 0.15) is 23.1 Å². The Bertz CT molecular complexity index is 704. The monoisotopic (exact) mass is 307 g/mol. The number of aromatic hydroxyl groups is 1. The van der Waals surface area contributed by atoms with Gasteiger partial charge in [-0.3, -0.25) is 4.79 Å². The molecule has 2 aromatic carbocycles. The molecule has 0 aromatic heterocycles. The van der Waals surface area contributed by atoms with Crippen LogP contribution in [0.15, 0.2) is 36.4 Å². The molecule has 0 bridgehead atoms. The molecule has 0 saturated carbocycles. The minimum Gasteiger partial charge on any atom is -0.507 e. The summed E-state index contributed by atoms with van der Waals surface area (Å²) in [4.78, 5) is 12.1. The number of nitrogens with one attached hydrogen (secondary N) is 1. The topological polar surface area (TPSA) is 58.6 Å². The van der Waals surface area contributed by atoms with Crippen LogP contribution < -0.4 is 10.1 Å². The lowest BCUT2D eigenvalue weighted by Crippen LogP contribution is -2.27. The Balaban J connectivity index is 2.17. The number of carbonyl (C=O) groups is 1. The molecule has 0 aliphatic rings. The highest BCUT2D eigenvalue weighted by atomic mass is 19.1. The van der Waals surface area contributed by atoms with E-state index in [1.807, 2.05) is 0 Å². The standard InChI is InChI=1S/C16H15F2NO3/c1-9(12-5-3-10(17)7-14(12)18)19-16(21)13-6-4-11(22-2)8-15(13)20/h3-9,20H,1-2H3,(H,19,21)/t9-/m1/s1. The van der Waals surface area contributed by atoms with Crippen molar-refractivity contribution in [3.8, 4) is 11.5 Å². The molecule has 2 N–H and O–H groups in total. The number of ether oxygens (including phenoxy) is 1. The van der Waals surface area contributed by atoms with E-state index in [1.54, 1.807) is 6.92 Å². The third kappa shape index (κ3) is 3.33. The summed E-state index contributed by atoms with van der Waals surface area (Å²) >= 11 is 0. The van der Waals surface area contributed by atoms with Crippen molar-refractivity contribution < 1.29 is 23.4 Å². The number of hydrogen-bond donors (Lipinski definition) is 2. The van der Waals surface area contributed by atoms with Crippen LogP contribution in [-0.4, -0.2) is 18.1 Å². The molecule has 2 aromatic rings. The minimum absolute atomic E-state index is 0.0372. The molecule has 1 atom stereocenters. The number of benzene rings is 2. The molecule has 4 nitrogen and oxygen atoms in total. The van der Waals surface area contributed by atoms with Crippen molar-refractivity contribution in [1.29, 1.82) is 0 Å². The van der Waals surface area contributed by atoms with Gasteiger partial charge in [0.25, 0.3) is 5.91 Å². The lowest BCUT2D eigenvalue weighted by Gasteiger charge is -2.16. The largest absolute Gasteiger partial charge is 0.507 e. The summed E-state index contributed by atoms with van der Waals surface area (Å²) < 4.78 is 31.5. The Labute approximate surface area is 126 Å². The predicted molar refractivity (Wildman–Crippen MR) is 76.9 cm³/mol. The van der Waals surface area contributed by atoms with Gasteiger partial charge < -0.3 is 15.2 Å². The van der Waals surface area contributed by atoms with Crippen LogP contribution in [0, 0.1) is 11.6 Å². The molecule has 0 heterocycles. The second-order valence-electron chi connectivity index (χ2n) is 4.74. The molecule has 0 fully saturated rings. The maximum Gasteiger partial charge on any atom is 0.255 e. The first-order chi connectivity index (χ1) is 10.4. The second kappa shape index (κ2) is 6.43. The van der Waals surface area contributed by atoms with Gasteiger partial charge in [-0.2, -0.15) is 0 Å². The maximum absolute atomic E-state index is 13.7. The van der Waals surface area contributed by atoms with Crippen LogP contribution in [0.1, 0.15) is 28.9 Å². The molecule has 0 unspecified atom stereocenters. The zero-order valence-corrected chi connectivity index (χ0v) is 12.1. The Morgan fingerprint density at radius 1 is 1.23 bits per heavy atom. The number of carbonyl (C=O) groups excluding carboxylic acids is 1. The van der Waals surface area contributed by atoms with Crippen molar-refractivity contribution in [2.75, 3.05) is 7.11 Å². The van der Waals surface area contributed by atoms with Crippen LogP contribution >= 0.6 is 0 Å². The lowest BCUT2D eigenvalue weighted by atomic mass is 10.1. The van der Waals surface area contributed by atoms with Crippen LogP contribution in [0.25, 0.3) is 0 Å². The molecular weight excluding hydrogens is 292 g/mol. The third-order valence-corrected chi connectivity index (χ3v) is 3.23. The fourth-order valence-corrected chi connectivity index (χ4v) is 2.04. The number of phenolic OH excluding ortho intramolecular Hbond substituents is 1. The summed E-state index contributed by atoms with van der Waals surface area (Å²) in [6.45, 7) is 1.56. The molecule has 0 radical (unpaired) electrons. The Kier molecular flexibility index (Phi) is 4.60. The number of amides is 1. The molecule has 6 heteroatoms. The summed E-state index contributed by atoms with van der Waals surface area (Å²) in [6.07, 6.45) is 0. The van der Waals surface area contributed by atoms with E-state index < -0.39 is 23.6 Å². The number of rotatable bonds is 4. The number of hydrogen-bond acceptors (Lipinski definition) is 3. The molecule has 0 spiro atoms. The van der Waals surface area contributed by atoms with E-state index in [0.717, 1.165) is 12.1 Å². The van der Waals surface area contributed by atoms with Crippen molar-refractivity contribution in [2.45, 2.75) is 13.0 Å². The zero-order valence-electron chi connectivity index (χ0n) is 12.1. The molecule has 0 aliphatic carbocycles. The van der Waals surface area contributed by atoms with E-state index in [1.165, 1.54) is 31.4 Å². The van der Waals surface area contributed by atoms with Gasteiger partial charge in [-0.1, -0.05) is 6.07 Å². The van der Waals surface area contributed by atoms with Crippen molar-refractivity contribution in [3.05, 3.63) is 59.2 Å². The Morgan fingerprint density at radius 2 is 1.95 bits per heavy atom. The summed E-state index contributed by atoms with van der Waals surface area (Å²) in [5, 5.41) is 12.4. The highest BCUT2D eigenvalue weighted by Gasteiger charge is 2.17. The molecule has 0 saturated heterocycles. The summed E-state index contributed by atoms with van der Waals surface area (Å²) in [7, 11) is 1.44. The molecule has 116 valence electrons. The van der Waals surface area contributed by atoms with Gasteiger partial charge >= 0.3 is 0 Å². The van der Waals surface area contributed by atoms with Gasteiger partial charge in [0.15, 0.2) is 0 Å². The smallest absolute Gasteiger partial charge is 0.255 e. The van der Waals surface area contributed by atoms with E-state index in [2.05, 4.69) is 5.32 Å². The van der Waals surface area contributed by atoms with E-state index >= 15 is 0 Å². The van der Waals surface area contributed by atoms with Gasteiger partial charge in [-0.25, -0.2) is 8.78 Å².